The van der Waals surface area contributed by atoms with E-state index < -0.39 is 6.04 Å². The van der Waals surface area contributed by atoms with Gasteiger partial charge in [-0.2, -0.15) is 4.98 Å². The van der Waals surface area contributed by atoms with Gasteiger partial charge in [0.15, 0.2) is 5.76 Å². The van der Waals surface area contributed by atoms with Crippen LogP contribution in [0.2, 0.25) is 0 Å². The van der Waals surface area contributed by atoms with E-state index in [0.29, 0.717) is 24.8 Å². The molecule has 1 aliphatic heterocycles. The first-order valence-electron chi connectivity index (χ1n) is 10.9. The first kappa shape index (κ1) is 20.3. The largest absolute Gasteiger partial charge is 0.459 e. The van der Waals surface area contributed by atoms with E-state index in [0.717, 1.165) is 43.1 Å². The zero-order valence-corrected chi connectivity index (χ0v) is 17.9. The molecule has 1 N–H and O–H groups in total. The Morgan fingerprint density at radius 1 is 1.09 bits per heavy atom. The summed E-state index contributed by atoms with van der Waals surface area (Å²) in [5.41, 5.74) is 2.02. The highest BCUT2D eigenvalue weighted by atomic mass is 16.5. The lowest BCUT2D eigenvalue weighted by Crippen LogP contribution is -2.54. The van der Waals surface area contributed by atoms with Crippen LogP contribution in [0.4, 0.5) is 5.69 Å². The summed E-state index contributed by atoms with van der Waals surface area (Å²) < 4.78 is 10.4. The number of aromatic nitrogens is 2. The minimum absolute atomic E-state index is 0.0940. The van der Waals surface area contributed by atoms with E-state index in [2.05, 4.69) is 20.4 Å². The fraction of sp³-hybridized carbons (Fsp3) is 0.391. The Labute approximate surface area is 185 Å². The van der Waals surface area contributed by atoms with Gasteiger partial charge in [-0.3, -0.25) is 9.59 Å². The Morgan fingerprint density at radius 3 is 2.50 bits per heavy atom. The third-order valence-corrected chi connectivity index (χ3v) is 5.91. The van der Waals surface area contributed by atoms with Crippen LogP contribution in [0.1, 0.15) is 42.1 Å². The van der Waals surface area contributed by atoms with Crippen molar-refractivity contribution in [2.75, 3.05) is 31.1 Å². The summed E-state index contributed by atoms with van der Waals surface area (Å²) in [4.78, 5) is 33.4. The predicted molar refractivity (Wildman–Crippen MR) is 116 cm³/mol. The number of rotatable bonds is 6. The average Bonchev–Trinajstić information content (AvgIpc) is 3.31. The number of hydrogen-bond donors (Lipinski definition) is 1. The second kappa shape index (κ2) is 8.49. The van der Waals surface area contributed by atoms with E-state index in [4.69, 9.17) is 8.94 Å². The molecule has 3 aromatic rings. The van der Waals surface area contributed by atoms with Crippen molar-refractivity contribution >= 4 is 17.5 Å². The standard InChI is InChI=1S/C23H25N5O4/c1-15(24-21(29)19-3-2-14-31-19)23(30)28-12-10-27(11-13-28)18-8-6-16(7-9-18)20-25-22(32-26-20)17-4-5-17/h2-3,6-9,14-15,17H,4-5,10-13H2,1H3,(H,24,29)/t15-/m1/s1. The third-order valence-electron chi connectivity index (χ3n) is 5.91. The van der Waals surface area contributed by atoms with Crippen molar-refractivity contribution < 1.29 is 18.5 Å². The number of furan rings is 1. The van der Waals surface area contributed by atoms with Crippen molar-refractivity contribution in [3.05, 3.63) is 54.3 Å². The molecule has 2 aliphatic rings. The first-order valence-corrected chi connectivity index (χ1v) is 10.9. The number of carbonyl (C=O) groups excluding carboxylic acids is 2. The fourth-order valence-electron chi connectivity index (χ4n) is 3.87. The van der Waals surface area contributed by atoms with Crippen LogP contribution < -0.4 is 10.2 Å². The Bertz CT molecular complexity index is 1080. The van der Waals surface area contributed by atoms with Gasteiger partial charge in [-0.25, -0.2) is 0 Å². The minimum atomic E-state index is -0.617. The quantitative estimate of drug-likeness (QED) is 0.635. The number of amides is 2. The van der Waals surface area contributed by atoms with Crippen molar-refractivity contribution in [2.45, 2.75) is 31.7 Å². The monoisotopic (exact) mass is 435 g/mol. The van der Waals surface area contributed by atoms with Gasteiger partial charge in [-0.1, -0.05) is 5.16 Å². The number of anilines is 1. The Kier molecular flexibility index (Phi) is 5.38. The van der Waals surface area contributed by atoms with Gasteiger partial charge in [0.1, 0.15) is 6.04 Å². The van der Waals surface area contributed by atoms with Crippen LogP contribution in [0.25, 0.3) is 11.4 Å². The summed E-state index contributed by atoms with van der Waals surface area (Å²) in [6, 6.07) is 10.7. The van der Waals surface area contributed by atoms with Crippen LogP contribution in [-0.2, 0) is 4.79 Å². The summed E-state index contributed by atoms with van der Waals surface area (Å²) in [5.74, 6) is 1.51. The van der Waals surface area contributed by atoms with E-state index in [-0.39, 0.29) is 17.6 Å². The Hall–Kier alpha value is -3.62. The summed E-state index contributed by atoms with van der Waals surface area (Å²) in [7, 11) is 0. The molecule has 5 rings (SSSR count). The molecule has 2 amide bonds. The maximum atomic E-state index is 12.7. The highest BCUT2D eigenvalue weighted by Crippen LogP contribution is 2.39. The topological polar surface area (TPSA) is 105 Å². The van der Waals surface area contributed by atoms with Crippen molar-refractivity contribution in [2.24, 2.45) is 0 Å². The minimum Gasteiger partial charge on any atom is -0.459 e. The van der Waals surface area contributed by atoms with Gasteiger partial charge in [0.2, 0.25) is 17.6 Å². The van der Waals surface area contributed by atoms with Crippen LogP contribution in [0, 0.1) is 0 Å². The summed E-state index contributed by atoms with van der Waals surface area (Å²) in [6.07, 6.45) is 3.69. The smallest absolute Gasteiger partial charge is 0.287 e. The summed E-state index contributed by atoms with van der Waals surface area (Å²) in [5, 5.41) is 6.79. The molecule has 2 aromatic heterocycles. The third kappa shape index (κ3) is 4.23. The molecule has 1 atom stereocenters. The van der Waals surface area contributed by atoms with Gasteiger partial charge in [0.25, 0.3) is 5.91 Å². The van der Waals surface area contributed by atoms with Gasteiger partial charge in [0.05, 0.1) is 6.26 Å². The number of piperazine rings is 1. The molecule has 1 aliphatic carbocycles. The van der Waals surface area contributed by atoms with Gasteiger partial charge in [-0.05, 0) is 56.2 Å². The lowest BCUT2D eigenvalue weighted by Gasteiger charge is -2.37. The van der Waals surface area contributed by atoms with Gasteiger partial charge in [-0.15, -0.1) is 0 Å². The van der Waals surface area contributed by atoms with E-state index in [1.165, 1.54) is 6.26 Å². The van der Waals surface area contributed by atoms with Crippen molar-refractivity contribution in [1.82, 2.24) is 20.4 Å². The SMILES string of the molecule is C[C@@H](NC(=O)c1ccco1)C(=O)N1CCN(c2ccc(-c3noc(C4CC4)n3)cc2)CC1. The average molecular weight is 435 g/mol. The molecule has 0 radical (unpaired) electrons. The number of hydrogen-bond acceptors (Lipinski definition) is 7. The number of nitrogens with one attached hydrogen (secondary N) is 1. The van der Waals surface area contributed by atoms with E-state index in [9.17, 15) is 9.59 Å². The molecule has 0 unspecified atom stereocenters. The van der Waals surface area contributed by atoms with Crippen LogP contribution in [0.5, 0.6) is 0 Å². The molecule has 166 valence electrons. The lowest BCUT2D eigenvalue weighted by atomic mass is 10.1. The maximum Gasteiger partial charge on any atom is 0.287 e. The number of carbonyl (C=O) groups is 2. The zero-order valence-electron chi connectivity index (χ0n) is 17.9. The van der Waals surface area contributed by atoms with Crippen molar-refractivity contribution in [3.63, 3.8) is 0 Å². The Balaban J connectivity index is 1.14. The molecule has 0 bridgehead atoms. The molecule has 1 aromatic carbocycles. The van der Waals surface area contributed by atoms with Gasteiger partial charge in [0, 0.05) is 43.3 Å². The molecule has 1 saturated carbocycles. The first-order chi connectivity index (χ1) is 15.6. The second-order valence-corrected chi connectivity index (χ2v) is 8.26. The van der Waals surface area contributed by atoms with Crippen LogP contribution in [-0.4, -0.2) is 59.1 Å². The molecule has 2 fully saturated rings. The molecular formula is C23H25N5O4. The van der Waals surface area contributed by atoms with Crippen LogP contribution in [0.15, 0.2) is 51.6 Å². The van der Waals surface area contributed by atoms with Gasteiger partial charge >= 0.3 is 0 Å². The van der Waals surface area contributed by atoms with E-state index >= 15 is 0 Å². The zero-order chi connectivity index (χ0) is 22.1. The maximum absolute atomic E-state index is 12.7. The number of nitrogens with zero attached hydrogens (tertiary/aromatic N) is 4. The molecule has 32 heavy (non-hydrogen) atoms. The van der Waals surface area contributed by atoms with Crippen LogP contribution in [0.3, 0.4) is 0 Å². The molecule has 0 spiro atoms. The van der Waals surface area contributed by atoms with E-state index in [1.54, 1.807) is 24.0 Å². The van der Waals surface area contributed by atoms with E-state index in [1.807, 2.05) is 24.3 Å². The summed E-state index contributed by atoms with van der Waals surface area (Å²) >= 11 is 0. The van der Waals surface area contributed by atoms with Crippen molar-refractivity contribution in [3.8, 4) is 11.4 Å². The summed E-state index contributed by atoms with van der Waals surface area (Å²) in [6.45, 7) is 4.32. The Morgan fingerprint density at radius 2 is 1.84 bits per heavy atom. The van der Waals surface area contributed by atoms with Gasteiger partial charge < -0.3 is 24.1 Å². The molecule has 3 heterocycles. The highest BCUT2D eigenvalue weighted by molar-refractivity contribution is 5.95. The van der Waals surface area contributed by atoms with Crippen LogP contribution >= 0.6 is 0 Å². The molecular weight excluding hydrogens is 410 g/mol. The second-order valence-electron chi connectivity index (χ2n) is 8.26. The van der Waals surface area contributed by atoms with Crippen molar-refractivity contribution in [1.29, 1.82) is 0 Å². The lowest BCUT2D eigenvalue weighted by molar-refractivity contribution is -0.133. The highest BCUT2D eigenvalue weighted by Gasteiger charge is 2.30. The normalized spacial score (nSPS) is 17.3. The molecule has 9 nitrogen and oxygen atoms in total. The predicted octanol–water partition coefficient (Wildman–Crippen LogP) is 2.67. The molecule has 1 saturated heterocycles. The molecule has 9 heteroatoms. The number of benzene rings is 1. The fourth-order valence-corrected chi connectivity index (χ4v) is 3.87.